The Hall–Kier alpha value is -1.32. The number of anilines is 2. The molecule has 0 amide bonds. The quantitative estimate of drug-likeness (QED) is 0.829. The molecule has 2 N–H and O–H groups in total. The maximum absolute atomic E-state index is 4.66. The van der Waals surface area contributed by atoms with E-state index in [4.69, 9.17) is 0 Å². The summed E-state index contributed by atoms with van der Waals surface area (Å²) in [5.74, 6) is 4.45. The van der Waals surface area contributed by atoms with Crippen molar-refractivity contribution in [3.05, 3.63) is 11.9 Å². The van der Waals surface area contributed by atoms with Crippen molar-refractivity contribution in [3.63, 3.8) is 0 Å². The normalized spacial score (nSPS) is 19.9. The molecule has 1 heterocycles. The van der Waals surface area contributed by atoms with Crippen molar-refractivity contribution < 1.29 is 0 Å². The SMILES string of the molecule is CNc1cc(NCCC2CCCCC2)nc(C2CC2)n1. The van der Waals surface area contributed by atoms with Gasteiger partial charge in [0.15, 0.2) is 0 Å². The number of hydrogen-bond acceptors (Lipinski definition) is 4. The van der Waals surface area contributed by atoms with E-state index in [1.54, 1.807) is 0 Å². The minimum Gasteiger partial charge on any atom is -0.373 e. The molecule has 2 saturated carbocycles. The van der Waals surface area contributed by atoms with Crippen molar-refractivity contribution in [2.75, 3.05) is 24.2 Å². The average molecular weight is 274 g/mol. The van der Waals surface area contributed by atoms with E-state index in [2.05, 4.69) is 20.6 Å². The molecule has 4 nitrogen and oxygen atoms in total. The lowest BCUT2D eigenvalue weighted by Crippen LogP contribution is -2.13. The van der Waals surface area contributed by atoms with E-state index in [0.29, 0.717) is 5.92 Å². The Morgan fingerprint density at radius 3 is 2.50 bits per heavy atom. The number of aromatic nitrogens is 2. The summed E-state index contributed by atoms with van der Waals surface area (Å²) >= 11 is 0. The van der Waals surface area contributed by atoms with Gasteiger partial charge in [0.05, 0.1) is 0 Å². The number of hydrogen-bond donors (Lipinski definition) is 2. The summed E-state index contributed by atoms with van der Waals surface area (Å²) in [6, 6.07) is 2.02. The molecule has 0 aliphatic heterocycles. The van der Waals surface area contributed by atoms with Crippen LogP contribution in [0, 0.1) is 5.92 Å². The molecule has 0 saturated heterocycles. The predicted octanol–water partition coefficient (Wildman–Crippen LogP) is 3.78. The Morgan fingerprint density at radius 2 is 1.80 bits per heavy atom. The minimum atomic E-state index is 0.599. The lowest BCUT2D eigenvalue weighted by Gasteiger charge is -2.21. The molecule has 0 spiro atoms. The molecule has 2 aliphatic rings. The summed E-state index contributed by atoms with van der Waals surface area (Å²) in [5, 5.41) is 6.64. The van der Waals surface area contributed by atoms with Gasteiger partial charge in [-0.3, -0.25) is 0 Å². The van der Waals surface area contributed by atoms with Crippen LogP contribution in [0.3, 0.4) is 0 Å². The van der Waals surface area contributed by atoms with Crippen LogP contribution in [0.4, 0.5) is 11.6 Å². The van der Waals surface area contributed by atoms with Crippen LogP contribution in [-0.2, 0) is 0 Å². The van der Waals surface area contributed by atoms with Crippen LogP contribution in [0.2, 0.25) is 0 Å². The summed E-state index contributed by atoms with van der Waals surface area (Å²) < 4.78 is 0. The third-order valence-electron chi connectivity index (χ3n) is 4.53. The molecule has 110 valence electrons. The summed E-state index contributed by atoms with van der Waals surface area (Å²) in [6.45, 7) is 1.04. The second-order valence-electron chi connectivity index (χ2n) is 6.24. The standard InChI is InChI=1S/C16H26N4/c1-17-14-11-15(20-16(19-14)13-7-8-13)18-10-9-12-5-3-2-4-6-12/h11-13H,2-10H2,1H3,(H2,17,18,19,20). The molecule has 0 aromatic carbocycles. The largest absolute Gasteiger partial charge is 0.373 e. The van der Waals surface area contributed by atoms with E-state index in [-0.39, 0.29) is 0 Å². The maximum Gasteiger partial charge on any atom is 0.136 e. The van der Waals surface area contributed by atoms with Crippen LogP contribution < -0.4 is 10.6 Å². The molecule has 4 heteroatoms. The van der Waals surface area contributed by atoms with Gasteiger partial charge in [0.1, 0.15) is 17.5 Å². The van der Waals surface area contributed by atoms with Crippen molar-refractivity contribution in [1.29, 1.82) is 0 Å². The molecule has 0 bridgehead atoms. The van der Waals surface area contributed by atoms with Crippen LogP contribution in [0.5, 0.6) is 0 Å². The third-order valence-corrected chi connectivity index (χ3v) is 4.53. The summed E-state index contributed by atoms with van der Waals surface area (Å²) in [5.41, 5.74) is 0. The second kappa shape index (κ2) is 6.42. The van der Waals surface area contributed by atoms with Crippen LogP contribution in [-0.4, -0.2) is 23.6 Å². The molecule has 0 unspecified atom stereocenters. The molecule has 0 atom stereocenters. The Morgan fingerprint density at radius 1 is 1.05 bits per heavy atom. The van der Waals surface area contributed by atoms with Crippen LogP contribution in [0.25, 0.3) is 0 Å². The van der Waals surface area contributed by atoms with Gasteiger partial charge in [0.2, 0.25) is 0 Å². The van der Waals surface area contributed by atoms with Gasteiger partial charge in [-0.05, 0) is 25.2 Å². The first-order valence-corrected chi connectivity index (χ1v) is 8.16. The fourth-order valence-electron chi connectivity index (χ4n) is 3.09. The second-order valence-corrected chi connectivity index (χ2v) is 6.24. The average Bonchev–Trinajstić information content (AvgIpc) is 3.33. The molecule has 20 heavy (non-hydrogen) atoms. The van der Waals surface area contributed by atoms with Crippen molar-refractivity contribution in [1.82, 2.24) is 9.97 Å². The zero-order chi connectivity index (χ0) is 13.8. The number of nitrogens with one attached hydrogen (secondary N) is 2. The first kappa shape index (κ1) is 13.7. The first-order chi connectivity index (χ1) is 9.85. The molecule has 0 radical (unpaired) electrons. The Balaban J connectivity index is 1.54. The van der Waals surface area contributed by atoms with Crippen molar-refractivity contribution in [2.45, 2.75) is 57.3 Å². The highest BCUT2D eigenvalue weighted by molar-refractivity contribution is 5.47. The van der Waals surface area contributed by atoms with Crippen molar-refractivity contribution in [2.24, 2.45) is 5.92 Å². The predicted molar refractivity (Wildman–Crippen MR) is 83.2 cm³/mol. The monoisotopic (exact) mass is 274 g/mol. The maximum atomic E-state index is 4.66. The zero-order valence-corrected chi connectivity index (χ0v) is 12.5. The molecule has 1 aromatic rings. The summed E-state index contributed by atoms with van der Waals surface area (Å²) in [6.07, 6.45) is 10.9. The van der Waals surface area contributed by atoms with Crippen molar-refractivity contribution >= 4 is 11.6 Å². The van der Waals surface area contributed by atoms with Gasteiger partial charge in [-0.2, -0.15) is 0 Å². The Labute approximate surface area is 121 Å². The molecule has 3 rings (SSSR count). The molecular formula is C16H26N4. The van der Waals surface area contributed by atoms with E-state index in [0.717, 1.165) is 29.9 Å². The van der Waals surface area contributed by atoms with E-state index in [1.807, 2.05) is 13.1 Å². The third kappa shape index (κ3) is 3.62. The van der Waals surface area contributed by atoms with E-state index < -0.39 is 0 Å². The van der Waals surface area contributed by atoms with E-state index in [9.17, 15) is 0 Å². The van der Waals surface area contributed by atoms with Crippen LogP contribution in [0.15, 0.2) is 6.07 Å². The van der Waals surface area contributed by atoms with E-state index in [1.165, 1.54) is 51.4 Å². The first-order valence-electron chi connectivity index (χ1n) is 8.16. The molecule has 1 aromatic heterocycles. The lowest BCUT2D eigenvalue weighted by atomic mass is 9.87. The highest BCUT2D eigenvalue weighted by Gasteiger charge is 2.27. The number of rotatable bonds is 6. The van der Waals surface area contributed by atoms with Crippen LogP contribution in [0.1, 0.15) is 63.1 Å². The Bertz CT molecular complexity index is 436. The van der Waals surface area contributed by atoms with Gasteiger partial charge >= 0.3 is 0 Å². The lowest BCUT2D eigenvalue weighted by molar-refractivity contribution is 0.345. The fourth-order valence-corrected chi connectivity index (χ4v) is 3.09. The zero-order valence-electron chi connectivity index (χ0n) is 12.5. The van der Waals surface area contributed by atoms with Gasteiger partial charge in [0, 0.05) is 25.6 Å². The van der Waals surface area contributed by atoms with Crippen molar-refractivity contribution in [3.8, 4) is 0 Å². The molecule has 2 fully saturated rings. The fraction of sp³-hybridized carbons (Fsp3) is 0.750. The van der Waals surface area contributed by atoms with Crippen LogP contribution >= 0.6 is 0 Å². The molecular weight excluding hydrogens is 248 g/mol. The van der Waals surface area contributed by atoms with Gasteiger partial charge < -0.3 is 10.6 Å². The van der Waals surface area contributed by atoms with E-state index >= 15 is 0 Å². The Kier molecular flexibility index (Phi) is 4.38. The summed E-state index contributed by atoms with van der Waals surface area (Å²) in [7, 11) is 1.92. The molecule has 2 aliphatic carbocycles. The van der Waals surface area contributed by atoms with Gasteiger partial charge in [-0.15, -0.1) is 0 Å². The van der Waals surface area contributed by atoms with Gasteiger partial charge in [-0.1, -0.05) is 32.1 Å². The number of nitrogens with zero attached hydrogens (tertiary/aromatic N) is 2. The smallest absolute Gasteiger partial charge is 0.136 e. The highest BCUT2D eigenvalue weighted by Crippen LogP contribution is 2.38. The summed E-state index contributed by atoms with van der Waals surface area (Å²) in [4.78, 5) is 9.21. The van der Waals surface area contributed by atoms with Gasteiger partial charge in [-0.25, -0.2) is 9.97 Å². The highest BCUT2D eigenvalue weighted by atomic mass is 15.1. The topological polar surface area (TPSA) is 49.8 Å². The van der Waals surface area contributed by atoms with Gasteiger partial charge in [0.25, 0.3) is 0 Å². The minimum absolute atomic E-state index is 0.599.